The minimum atomic E-state index is -0.720. The minimum Gasteiger partial charge on any atom is -0.507 e. The Morgan fingerprint density at radius 1 is 0.897 bits per heavy atom. The molecular weight excluding hydrogens is 488 g/mol. The smallest absolute Gasteiger partial charge is 0.295 e. The Morgan fingerprint density at radius 3 is 2.21 bits per heavy atom. The predicted molar refractivity (Wildman–Crippen MR) is 156 cm³/mol. The van der Waals surface area contributed by atoms with Crippen LogP contribution in [-0.2, 0) is 16.1 Å². The van der Waals surface area contributed by atoms with Crippen LogP contribution in [0.25, 0.3) is 5.76 Å². The van der Waals surface area contributed by atoms with Crippen LogP contribution in [-0.4, -0.2) is 41.4 Å². The van der Waals surface area contributed by atoms with Crippen molar-refractivity contribution in [1.82, 2.24) is 4.90 Å². The fourth-order valence-corrected chi connectivity index (χ4v) is 5.27. The van der Waals surface area contributed by atoms with Gasteiger partial charge in [-0.15, -0.1) is 0 Å². The predicted octanol–water partition coefficient (Wildman–Crippen LogP) is 6.48. The van der Waals surface area contributed by atoms with Gasteiger partial charge in [-0.2, -0.15) is 0 Å². The van der Waals surface area contributed by atoms with E-state index in [4.69, 9.17) is 4.74 Å². The first-order chi connectivity index (χ1) is 18.7. The SMILES string of the molecule is CCOc1ccc(/C(O)=C2/C(=O)C(=O)N(Cc3cc(C)ccc3C)C2c2ccc(N(CC)CC)cc2)cc1C. The first-order valence-corrected chi connectivity index (χ1v) is 13.6. The number of hydrogen-bond acceptors (Lipinski definition) is 5. The van der Waals surface area contributed by atoms with Gasteiger partial charge in [-0.05, 0) is 94.1 Å². The number of nitrogens with zero attached hydrogens (tertiary/aromatic N) is 2. The average molecular weight is 527 g/mol. The summed E-state index contributed by atoms with van der Waals surface area (Å²) in [6.07, 6.45) is 0. The van der Waals surface area contributed by atoms with Gasteiger partial charge in [-0.25, -0.2) is 0 Å². The summed E-state index contributed by atoms with van der Waals surface area (Å²) in [5.41, 5.74) is 6.36. The maximum Gasteiger partial charge on any atom is 0.295 e. The van der Waals surface area contributed by atoms with Crippen molar-refractivity contribution in [2.75, 3.05) is 24.6 Å². The molecule has 0 aromatic heterocycles. The number of aliphatic hydroxyl groups excluding tert-OH is 1. The van der Waals surface area contributed by atoms with E-state index < -0.39 is 17.7 Å². The number of aliphatic hydroxyl groups is 1. The van der Waals surface area contributed by atoms with Crippen molar-refractivity contribution in [3.05, 3.63) is 99.6 Å². The van der Waals surface area contributed by atoms with Gasteiger partial charge in [0.15, 0.2) is 0 Å². The summed E-state index contributed by atoms with van der Waals surface area (Å²) in [5.74, 6) is -0.756. The molecule has 1 fully saturated rings. The van der Waals surface area contributed by atoms with E-state index in [0.29, 0.717) is 17.9 Å². The van der Waals surface area contributed by atoms with E-state index in [0.717, 1.165) is 46.6 Å². The van der Waals surface area contributed by atoms with E-state index in [9.17, 15) is 14.7 Å². The first kappa shape index (κ1) is 28.0. The number of likely N-dealkylation sites (tertiary alicyclic amines) is 1. The third kappa shape index (κ3) is 5.56. The van der Waals surface area contributed by atoms with Crippen molar-refractivity contribution in [2.45, 2.75) is 54.1 Å². The van der Waals surface area contributed by atoms with Crippen molar-refractivity contribution < 1.29 is 19.4 Å². The van der Waals surface area contributed by atoms with Crippen molar-refractivity contribution >= 4 is 23.1 Å². The number of carbonyl (C=O) groups excluding carboxylic acids is 2. The molecule has 0 radical (unpaired) electrons. The Hall–Kier alpha value is -4.06. The molecule has 4 rings (SSSR count). The number of ketones is 1. The lowest BCUT2D eigenvalue weighted by Gasteiger charge is -2.27. The summed E-state index contributed by atoms with van der Waals surface area (Å²) in [4.78, 5) is 30.9. The Morgan fingerprint density at radius 2 is 1.59 bits per heavy atom. The van der Waals surface area contributed by atoms with Gasteiger partial charge in [0.1, 0.15) is 11.5 Å². The van der Waals surface area contributed by atoms with E-state index in [1.54, 1.807) is 23.1 Å². The van der Waals surface area contributed by atoms with Crippen LogP contribution >= 0.6 is 0 Å². The second-order valence-electron chi connectivity index (χ2n) is 10.0. The highest BCUT2D eigenvalue weighted by molar-refractivity contribution is 6.46. The second-order valence-corrected chi connectivity index (χ2v) is 10.0. The van der Waals surface area contributed by atoms with Gasteiger partial charge < -0.3 is 19.6 Å². The fraction of sp³-hybridized carbons (Fsp3) is 0.333. The van der Waals surface area contributed by atoms with Crippen LogP contribution in [0.3, 0.4) is 0 Å². The molecule has 6 heteroatoms. The molecule has 1 aliphatic heterocycles. The summed E-state index contributed by atoms with van der Waals surface area (Å²) in [5, 5.41) is 11.5. The quantitative estimate of drug-likeness (QED) is 0.196. The second kappa shape index (κ2) is 11.8. The molecular formula is C33H38N2O4. The molecule has 204 valence electrons. The minimum absolute atomic E-state index is 0.101. The van der Waals surface area contributed by atoms with E-state index in [-0.39, 0.29) is 17.9 Å². The molecule has 0 bridgehead atoms. The number of hydrogen-bond donors (Lipinski definition) is 1. The van der Waals surface area contributed by atoms with Crippen molar-refractivity contribution in [1.29, 1.82) is 0 Å². The Labute approximate surface area is 231 Å². The first-order valence-electron chi connectivity index (χ1n) is 13.6. The molecule has 0 aliphatic carbocycles. The molecule has 6 nitrogen and oxygen atoms in total. The van der Waals surface area contributed by atoms with Gasteiger partial charge in [0.2, 0.25) is 0 Å². The van der Waals surface area contributed by atoms with Gasteiger partial charge in [0, 0.05) is 30.9 Å². The number of aryl methyl sites for hydroxylation is 3. The van der Waals surface area contributed by atoms with Crippen LogP contribution in [0, 0.1) is 20.8 Å². The maximum atomic E-state index is 13.5. The molecule has 3 aromatic rings. The van der Waals surface area contributed by atoms with Gasteiger partial charge in [-0.1, -0.05) is 35.9 Å². The Kier molecular flexibility index (Phi) is 8.44. The average Bonchev–Trinajstić information content (AvgIpc) is 3.17. The van der Waals surface area contributed by atoms with Crippen molar-refractivity contribution in [3.63, 3.8) is 0 Å². The van der Waals surface area contributed by atoms with E-state index >= 15 is 0 Å². The van der Waals surface area contributed by atoms with E-state index in [1.165, 1.54) is 0 Å². The Balaban J connectivity index is 1.85. The third-order valence-electron chi connectivity index (χ3n) is 7.47. The number of benzene rings is 3. The number of Topliss-reactive ketones (excluding diaryl/α,β-unsaturated/α-hetero) is 1. The van der Waals surface area contributed by atoms with Gasteiger partial charge in [-0.3, -0.25) is 9.59 Å². The highest BCUT2D eigenvalue weighted by atomic mass is 16.5. The summed E-state index contributed by atoms with van der Waals surface area (Å²) < 4.78 is 5.65. The maximum absolute atomic E-state index is 13.5. The molecule has 1 unspecified atom stereocenters. The van der Waals surface area contributed by atoms with Gasteiger partial charge in [0.25, 0.3) is 11.7 Å². The highest BCUT2D eigenvalue weighted by Gasteiger charge is 2.46. The van der Waals surface area contributed by atoms with Crippen LogP contribution in [0.2, 0.25) is 0 Å². The molecule has 39 heavy (non-hydrogen) atoms. The number of carbonyl (C=O) groups is 2. The molecule has 1 saturated heterocycles. The zero-order valence-electron chi connectivity index (χ0n) is 23.7. The molecule has 1 aliphatic rings. The lowest BCUT2D eigenvalue weighted by molar-refractivity contribution is -0.140. The topological polar surface area (TPSA) is 70.1 Å². The third-order valence-corrected chi connectivity index (χ3v) is 7.47. The number of amides is 1. The summed E-state index contributed by atoms with van der Waals surface area (Å²) in [6.45, 7) is 14.6. The largest absolute Gasteiger partial charge is 0.507 e. The lowest BCUT2D eigenvalue weighted by atomic mass is 9.94. The summed E-state index contributed by atoms with van der Waals surface area (Å²) >= 11 is 0. The monoisotopic (exact) mass is 526 g/mol. The van der Waals surface area contributed by atoms with E-state index in [1.807, 2.05) is 70.2 Å². The highest BCUT2D eigenvalue weighted by Crippen LogP contribution is 2.41. The number of anilines is 1. The molecule has 1 N–H and O–H groups in total. The standard InChI is InChI=1S/C33H38N2O4/c1-7-34(8-2)27-15-12-24(13-16-27)30-29(31(36)25-14-17-28(39-9-3)23(6)19-25)32(37)33(38)35(30)20-26-18-21(4)10-11-22(26)5/h10-19,30,36H,7-9,20H2,1-6H3/b31-29-. The summed E-state index contributed by atoms with van der Waals surface area (Å²) in [6, 6.07) is 18.6. The van der Waals surface area contributed by atoms with Crippen molar-refractivity contribution in [2.24, 2.45) is 0 Å². The fourth-order valence-electron chi connectivity index (χ4n) is 5.27. The lowest BCUT2D eigenvalue weighted by Crippen LogP contribution is -2.29. The molecule has 3 aromatic carbocycles. The zero-order chi connectivity index (χ0) is 28.3. The zero-order valence-corrected chi connectivity index (χ0v) is 23.7. The van der Waals surface area contributed by atoms with Crippen molar-refractivity contribution in [3.8, 4) is 5.75 Å². The van der Waals surface area contributed by atoms with Crippen LogP contribution < -0.4 is 9.64 Å². The molecule has 0 spiro atoms. The van der Waals surface area contributed by atoms with Crippen LogP contribution in [0.4, 0.5) is 5.69 Å². The molecule has 1 heterocycles. The van der Waals surface area contributed by atoms with Gasteiger partial charge >= 0.3 is 0 Å². The number of ether oxygens (including phenoxy) is 1. The van der Waals surface area contributed by atoms with E-state index in [2.05, 4.69) is 18.7 Å². The normalized spacial score (nSPS) is 16.6. The molecule has 0 saturated carbocycles. The van der Waals surface area contributed by atoms with Crippen LogP contribution in [0.1, 0.15) is 60.2 Å². The Bertz CT molecular complexity index is 1400. The molecule has 1 amide bonds. The van der Waals surface area contributed by atoms with Crippen LogP contribution in [0.5, 0.6) is 5.75 Å². The summed E-state index contributed by atoms with van der Waals surface area (Å²) in [7, 11) is 0. The number of rotatable bonds is 9. The van der Waals surface area contributed by atoms with Crippen LogP contribution in [0.15, 0.2) is 66.2 Å². The van der Waals surface area contributed by atoms with Gasteiger partial charge in [0.05, 0.1) is 18.2 Å². The molecule has 1 atom stereocenters.